The number of hydrogen-bond acceptors (Lipinski definition) is 6. The molecule has 0 amide bonds. The third-order valence-electron chi connectivity index (χ3n) is 15.6. The number of aryl methyl sites for hydroxylation is 12. The molecular weight excluding hydrogens is 883 g/mol. The summed E-state index contributed by atoms with van der Waals surface area (Å²) in [7, 11) is 6.67. The van der Waals surface area contributed by atoms with Crippen molar-refractivity contribution in [3.63, 3.8) is 0 Å². The van der Waals surface area contributed by atoms with Crippen molar-refractivity contribution >= 4 is 32.7 Å². The van der Waals surface area contributed by atoms with Crippen LogP contribution in [-0.2, 0) is 77.8 Å². The number of rotatable bonds is 9. The number of aromatic nitrogens is 6. The number of fused-ring (bicyclic) bond motifs is 9. The highest BCUT2D eigenvalue weighted by molar-refractivity contribution is 5.88. The second kappa shape index (κ2) is 21.4. The van der Waals surface area contributed by atoms with Gasteiger partial charge in [-0.3, -0.25) is 15.0 Å². The molecule has 3 aromatic carbocycles. The first-order chi connectivity index (χ1) is 34.8. The van der Waals surface area contributed by atoms with E-state index in [1.165, 1.54) is 99.9 Å². The van der Waals surface area contributed by atoms with Crippen molar-refractivity contribution in [3.05, 3.63) is 194 Å². The van der Waals surface area contributed by atoms with Crippen LogP contribution in [0.25, 0.3) is 32.7 Å². The zero-order chi connectivity index (χ0) is 50.0. The van der Waals surface area contributed by atoms with E-state index in [0.29, 0.717) is 0 Å². The van der Waals surface area contributed by atoms with Crippen LogP contribution in [0.1, 0.15) is 84.2 Å². The predicted molar refractivity (Wildman–Crippen MR) is 298 cm³/mol. The first-order valence-electron chi connectivity index (χ1n) is 26.5. The maximum atomic E-state index is 4.43. The molecule has 0 bridgehead atoms. The number of benzene rings is 3. The summed E-state index contributed by atoms with van der Waals surface area (Å²) in [6.07, 6.45) is 12.6. The summed E-state index contributed by atoms with van der Waals surface area (Å²) >= 11 is 0. The summed E-state index contributed by atoms with van der Waals surface area (Å²) in [5.41, 5.74) is 24.6. The molecule has 9 heteroatoms. The zero-order valence-electron chi connectivity index (χ0n) is 44.5. The van der Waals surface area contributed by atoms with Crippen molar-refractivity contribution in [2.45, 2.75) is 119 Å². The molecule has 0 radical (unpaired) electrons. The van der Waals surface area contributed by atoms with Gasteiger partial charge in [-0.15, -0.1) is 0 Å². The summed E-state index contributed by atoms with van der Waals surface area (Å²) in [6, 6.07) is 33.6. The highest BCUT2D eigenvalue weighted by atomic mass is 15.1. The highest BCUT2D eigenvalue weighted by Gasteiger charge is 2.25. The minimum Gasteiger partial charge on any atom is -0.344 e. The molecule has 3 aliphatic heterocycles. The number of likely N-dealkylation sites (N-methyl/N-ethyl adjacent to an activating group) is 3. The van der Waals surface area contributed by atoms with Crippen LogP contribution in [0.5, 0.6) is 0 Å². The van der Waals surface area contributed by atoms with Gasteiger partial charge in [-0.1, -0.05) is 53.1 Å². The Balaban J connectivity index is 0.000000124. The molecule has 0 atom stereocenters. The second-order valence-electron chi connectivity index (χ2n) is 21.4. The van der Waals surface area contributed by atoms with Crippen LogP contribution in [0.2, 0.25) is 0 Å². The van der Waals surface area contributed by atoms with Gasteiger partial charge < -0.3 is 28.4 Å². The molecule has 12 rings (SSSR count). The van der Waals surface area contributed by atoms with E-state index in [9.17, 15) is 0 Å². The van der Waals surface area contributed by atoms with Crippen LogP contribution in [-0.4, -0.2) is 84.1 Å². The molecule has 3 aliphatic rings. The zero-order valence-corrected chi connectivity index (χ0v) is 44.5. The quantitative estimate of drug-likeness (QED) is 0.144. The lowest BCUT2D eigenvalue weighted by Gasteiger charge is -2.24. The lowest BCUT2D eigenvalue weighted by Crippen LogP contribution is -2.27. The van der Waals surface area contributed by atoms with Crippen LogP contribution >= 0.6 is 0 Å². The normalized spacial score (nSPS) is 15.0. The SMILES string of the molecule is Cc1ccc2c(c1)c1c(n2CCc2ccc(C)nc2)CCN(C)C1.Cc1ccc2c(c1)c1c(n2CCc2ccc(C)nc2)CCN(C)C1.Cc1ccc2c(c1)c1c(n2CCc2ccc(C)nc2)CCN(C)C1. The Bertz CT molecular complexity index is 2980. The molecule has 0 unspecified atom stereocenters. The molecule has 0 spiro atoms. The largest absolute Gasteiger partial charge is 0.344 e. The first kappa shape index (κ1) is 49.2. The predicted octanol–water partition coefficient (Wildman–Crippen LogP) is 11.7. The standard InChI is InChI=1S/3C21H25N3/c3*1-15-4-7-20-18(12-15)19-14-23(3)10-9-21(19)24(20)11-8-17-6-5-16(2)22-13-17/h3*4-7,12-13H,8-11,14H2,1-3H3. The van der Waals surface area contributed by atoms with Crippen molar-refractivity contribution < 1.29 is 0 Å². The van der Waals surface area contributed by atoms with Gasteiger partial charge >= 0.3 is 0 Å². The van der Waals surface area contributed by atoms with Gasteiger partial charge in [0.1, 0.15) is 0 Å². The van der Waals surface area contributed by atoms with Gasteiger partial charge in [0.25, 0.3) is 0 Å². The van der Waals surface area contributed by atoms with E-state index in [2.05, 4.69) is 176 Å². The number of hydrogen-bond donors (Lipinski definition) is 0. The number of pyridine rings is 3. The molecule has 372 valence electrons. The van der Waals surface area contributed by atoms with E-state index in [1.54, 1.807) is 0 Å². The summed E-state index contributed by atoms with van der Waals surface area (Å²) in [5, 5.41) is 4.33. The molecule has 9 nitrogen and oxygen atoms in total. The fraction of sp³-hybridized carbons (Fsp3) is 0.381. The second-order valence-corrected chi connectivity index (χ2v) is 21.4. The van der Waals surface area contributed by atoms with Crippen LogP contribution in [0.4, 0.5) is 0 Å². The van der Waals surface area contributed by atoms with E-state index < -0.39 is 0 Å². The molecule has 72 heavy (non-hydrogen) atoms. The Hall–Kier alpha value is -6.39. The fourth-order valence-corrected chi connectivity index (χ4v) is 11.5. The van der Waals surface area contributed by atoms with Crippen LogP contribution in [0.15, 0.2) is 110 Å². The van der Waals surface area contributed by atoms with Gasteiger partial charge in [-0.05, 0) is 170 Å². The van der Waals surface area contributed by atoms with E-state index in [-0.39, 0.29) is 0 Å². The highest BCUT2D eigenvalue weighted by Crippen LogP contribution is 2.34. The third kappa shape index (κ3) is 10.7. The summed E-state index contributed by atoms with van der Waals surface area (Å²) in [4.78, 5) is 20.6. The van der Waals surface area contributed by atoms with E-state index in [1.807, 2.05) is 39.4 Å². The smallest absolute Gasteiger partial charge is 0.0486 e. The fourth-order valence-electron chi connectivity index (χ4n) is 11.5. The van der Waals surface area contributed by atoms with Gasteiger partial charge in [0.2, 0.25) is 0 Å². The maximum absolute atomic E-state index is 4.43. The minimum absolute atomic E-state index is 1.03. The van der Waals surface area contributed by atoms with Crippen molar-refractivity contribution in [1.82, 2.24) is 43.4 Å². The first-order valence-corrected chi connectivity index (χ1v) is 26.5. The lowest BCUT2D eigenvalue weighted by atomic mass is 10.0. The van der Waals surface area contributed by atoms with Crippen molar-refractivity contribution in [3.8, 4) is 0 Å². The lowest BCUT2D eigenvalue weighted by molar-refractivity contribution is 0.309. The topological polar surface area (TPSA) is 63.2 Å². The molecule has 0 N–H and O–H groups in total. The Morgan fingerprint density at radius 1 is 0.375 bits per heavy atom. The summed E-state index contributed by atoms with van der Waals surface area (Å²) < 4.78 is 7.66. The monoisotopic (exact) mass is 958 g/mol. The van der Waals surface area contributed by atoms with Crippen molar-refractivity contribution in [1.29, 1.82) is 0 Å². The molecule has 9 aromatic rings. The van der Waals surface area contributed by atoms with E-state index in [4.69, 9.17) is 0 Å². The molecule has 0 saturated heterocycles. The summed E-state index contributed by atoms with van der Waals surface area (Å²) in [6.45, 7) is 22.4. The van der Waals surface area contributed by atoms with Gasteiger partial charge in [0, 0.05) is 164 Å². The molecule has 0 fully saturated rings. The Kier molecular flexibility index (Phi) is 14.6. The molecule has 0 saturated carbocycles. The van der Waals surface area contributed by atoms with E-state index in [0.717, 1.165) is 115 Å². The maximum Gasteiger partial charge on any atom is 0.0486 e. The average Bonchev–Trinajstić information content (AvgIpc) is 3.96. The molecular formula is C63H75N9. The Morgan fingerprint density at radius 3 is 0.931 bits per heavy atom. The summed E-state index contributed by atoms with van der Waals surface area (Å²) in [5.74, 6) is 0. The Morgan fingerprint density at radius 2 is 0.667 bits per heavy atom. The Labute approximate surface area is 428 Å². The molecule has 0 aliphatic carbocycles. The molecule has 6 aromatic heterocycles. The van der Waals surface area contributed by atoms with Crippen LogP contribution in [0, 0.1) is 41.5 Å². The van der Waals surface area contributed by atoms with Crippen molar-refractivity contribution in [2.75, 3.05) is 40.8 Å². The van der Waals surface area contributed by atoms with Crippen LogP contribution < -0.4 is 0 Å². The average molecular weight is 958 g/mol. The van der Waals surface area contributed by atoms with Gasteiger partial charge in [0.05, 0.1) is 0 Å². The number of nitrogens with zero attached hydrogens (tertiary/aromatic N) is 9. The van der Waals surface area contributed by atoms with Crippen LogP contribution in [0.3, 0.4) is 0 Å². The van der Waals surface area contributed by atoms with Gasteiger partial charge in [0.15, 0.2) is 0 Å². The minimum atomic E-state index is 1.03. The molecule has 9 heterocycles. The van der Waals surface area contributed by atoms with Gasteiger partial charge in [-0.2, -0.15) is 0 Å². The van der Waals surface area contributed by atoms with Gasteiger partial charge in [-0.25, -0.2) is 0 Å². The van der Waals surface area contributed by atoms with E-state index >= 15 is 0 Å². The third-order valence-corrected chi connectivity index (χ3v) is 15.6. The van der Waals surface area contributed by atoms with Crippen molar-refractivity contribution in [2.24, 2.45) is 0 Å².